The molecule has 5 rings (SSSR count). The second-order valence-electron chi connectivity index (χ2n) is 10.4. The summed E-state index contributed by atoms with van der Waals surface area (Å²) in [5.74, 6) is 0.251. The Morgan fingerprint density at radius 3 is 2.63 bits per heavy atom. The third-order valence-corrected chi connectivity index (χ3v) is 8.48. The van der Waals surface area contributed by atoms with Crippen LogP contribution in [0.15, 0.2) is 108 Å². The number of rotatable bonds is 13. The molecular formula is C35H37FN4O2S. The van der Waals surface area contributed by atoms with Gasteiger partial charge in [-0.1, -0.05) is 55.1 Å². The van der Waals surface area contributed by atoms with Gasteiger partial charge in [-0.15, -0.1) is 0 Å². The zero-order valence-corrected chi connectivity index (χ0v) is 25.7. The third-order valence-electron chi connectivity index (χ3n) is 7.48. The standard InChI is InChI=1S/C35H37FN4O2S/c1-5-27(36)18-17-25(2)35-30(23-37-3)29-21-28(26-13-7-6-8-14-26)33(22-34(29)42-35)40(43(4)41)20-12-11-19-39-24-38-31-15-9-10-16-32(31)39/h5-10,13-18,21-22,24,37H,2,11-12,19-20,23H2,1,3-4H3/b18-17-,27-5+. The summed E-state index contributed by atoms with van der Waals surface area (Å²) in [4.78, 5) is 4.50. The highest BCUT2D eigenvalue weighted by Crippen LogP contribution is 2.40. The number of para-hydroxylation sites is 2. The van der Waals surface area contributed by atoms with Gasteiger partial charge < -0.3 is 14.3 Å². The van der Waals surface area contributed by atoms with Crippen molar-refractivity contribution < 1.29 is 13.0 Å². The highest BCUT2D eigenvalue weighted by Gasteiger charge is 2.22. The molecule has 1 atom stereocenters. The van der Waals surface area contributed by atoms with Crippen LogP contribution in [0.25, 0.3) is 38.7 Å². The number of allylic oxidation sites excluding steroid dienone is 5. The highest BCUT2D eigenvalue weighted by molar-refractivity contribution is 7.85. The molecule has 0 amide bonds. The summed E-state index contributed by atoms with van der Waals surface area (Å²) < 4.78 is 37.6. The fraction of sp³-hybridized carbons (Fsp3) is 0.229. The van der Waals surface area contributed by atoms with Crippen molar-refractivity contribution in [2.24, 2.45) is 0 Å². The second kappa shape index (κ2) is 13.8. The van der Waals surface area contributed by atoms with E-state index in [9.17, 15) is 8.60 Å². The molecule has 0 bridgehead atoms. The van der Waals surface area contributed by atoms with Crippen molar-refractivity contribution in [3.63, 3.8) is 0 Å². The minimum Gasteiger partial charge on any atom is -0.456 e. The maximum atomic E-state index is 13.8. The van der Waals surface area contributed by atoms with Crippen molar-refractivity contribution in [2.75, 3.05) is 24.2 Å². The highest BCUT2D eigenvalue weighted by atomic mass is 32.2. The smallest absolute Gasteiger partial charge is 0.139 e. The summed E-state index contributed by atoms with van der Waals surface area (Å²) in [5, 5.41) is 4.16. The molecule has 1 N–H and O–H groups in total. The first-order chi connectivity index (χ1) is 20.9. The molecule has 5 aromatic rings. The maximum absolute atomic E-state index is 13.8. The summed E-state index contributed by atoms with van der Waals surface area (Å²) in [7, 11) is 0.596. The maximum Gasteiger partial charge on any atom is 0.139 e. The quantitative estimate of drug-likeness (QED) is 0.110. The lowest BCUT2D eigenvalue weighted by atomic mass is 9.98. The van der Waals surface area contributed by atoms with Crippen molar-refractivity contribution in [3.05, 3.63) is 115 Å². The van der Waals surface area contributed by atoms with Crippen LogP contribution in [-0.4, -0.2) is 33.6 Å². The van der Waals surface area contributed by atoms with E-state index in [1.165, 1.54) is 12.2 Å². The van der Waals surface area contributed by atoms with E-state index in [4.69, 9.17) is 4.42 Å². The van der Waals surface area contributed by atoms with Crippen LogP contribution in [-0.2, 0) is 24.1 Å². The number of unbranched alkanes of at least 4 members (excludes halogenated alkanes) is 1. The molecule has 0 aliphatic carbocycles. The van der Waals surface area contributed by atoms with Gasteiger partial charge in [0.15, 0.2) is 0 Å². The normalized spacial score (nSPS) is 12.9. The number of halogens is 1. The van der Waals surface area contributed by atoms with Gasteiger partial charge in [-0.3, -0.25) is 4.31 Å². The number of benzene rings is 3. The summed E-state index contributed by atoms with van der Waals surface area (Å²) in [6, 6.07) is 22.3. The predicted molar refractivity (Wildman–Crippen MR) is 178 cm³/mol. The summed E-state index contributed by atoms with van der Waals surface area (Å²) in [6.45, 7) is 7.78. The van der Waals surface area contributed by atoms with E-state index >= 15 is 0 Å². The summed E-state index contributed by atoms with van der Waals surface area (Å²) in [5.41, 5.74) is 7.10. The molecule has 0 saturated heterocycles. The molecule has 0 fully saturated rings. The van der Waals surface area contributed by atoms with Gasteiger partial charge in [0.05, 0.1) is 23.0 Å². The molecule has 0 saturated carbocycles. The first-order valence-electron chi connectivity index (χ1n) is 14.4. The van der Waals surface area contributed by atoms with Crippen LogP contribution in [0.2, 0.25) is 0 Å². The van der Waals surface area contributed by atoms with E-state index in [0.717, 1.165) is 58.2 Å². The zero-order valence-electron chi connectivity index (χ0n) is 24.8. The number of anilines is 1. The van der Waals surface area contributed by atoms with Crippen LogP contribution >= 0.6 is 0 Å². The zero-order chi connectivity index (χ0) is 30.3. The Balaban J connectivity index is 1.50. The minimum absolute atomic E-state index is 0.344. The Bertz CT molecular complexity index is 1820. The molecule has 6 nitrogen and oxygen atoms in total. The molecule has 0 radical (unpaired) electrons. The summed E-state index contributed by atoms with van der Waals surface area (Å²) in [6.07, 6.45) is 9.75. The predicted octanol–water partition coefficient (Wildman–Crippen LogP) is 8.19. The first-order valence-corrected chi connectivity index (χ1v) is 15.9. The van der Waals surface area contributed by atoms with E-state index in [-0.39, 0.29) is 5.83 Å². The van der Waals surface area contributed by atoms with Crippen molar-refractivity contribution in [3.8, 4) is 11.1 Å². The Labute approximate surface area is 254 Å². The molecule has 0 aliphatic heterocycles. The molecule has 1 unspecified atom stereocenters. The molecule has 2 heterocycles. The van der Waals surface area contributed by atoms with Crippen molar-refractivity contribution in [1.82, 2.24) is 14.9 Å². The van der Waals surface area contributed by atoms with Gasteiger partial charge in [0.2, 0.25) is 0 Å². The van der Waals surface area contributed by atoms with E-state index in [0.29, 0.717) is 30.0 Å². The van der Waals surface area contributed by atoms with Crippen LogP contribution in [0.4, 0.5) is 10.1 Å². The van der Waals surface area contributed by atoms with Gasteiger partial charge >= 0.3 is 0 Å². The number of fused-ring (bicyclic) bond motifs is 2. The van der Waals surface area contributed by atoms with E-state index in [1.54, 1.807) is 19.3 Å². The van der Waals surface area contributed by atoms with Gasteiger partial charge in [0, 0.05) is 54.0 Å². The topological polar surface area (TPSA) is 63.3 Å². The van der Waals surface area contributed by atoms with Gasteiger partial charge in [0.1, 0.15) is 28.2 Å². The number of hydrogen-bond acceptors (Lipinski definition) is 4. The monoisotopic (exact) mass is 596 g/mol. The molecule has 0 aliphatic rings. The Hall–Kier alpha value is -4.27. The van der Waals surface area contributed by atoms with Gasteiger partial charge in [-0.05, 0) is 62.7 Å². The number of aryl methyl sites for hydroxylation is 1. The Morgan fingerprint density at radius 2 is 1.88 bits per heavy atom. The SMILES string of the molecule is C=C(/C=C\C(F)=C/C)c1oc2cc(N(CCCCn3cnc4ccccc43)S(C)=O)c(-c3ccccc3)cc2c1CNC. The number of furan rings is 1. The van der Waals surface area contributed by atoms with Gasteiger partial charge in [0.25, 0.3) is 0 Å². The fourth-order valence-electron chi connectivity index (χ4n) is 5.32. The lowest BCUT2D eigenvalue weighted by Crippen LogP contribution is -2.26. The van der Waals surface area contributed by atoms with Crippen molar-refractivity contribution >= 4 is 44.2 Å². The number of hydrogen-bond donors (Lipinski definition) is 1. The molecule has 43 heavy (non-hydrogen) atoms. The van der Waals surface area contributed by atoms with Crippen LogP contribution in [0.5, 0.6) is 0 Å². The van der Waals surface area contributed by atoms with Crippen molar-refractivity contribution in [2.45, 2.75) is 32.9 Å². The minimum atomic E-state index is -1.28. The average molecular weight is 597 g/mol. The second-order valence-corrected chi connectivity index (χ2v) is 11.7. The van der Waals surface area contributed by atoms with Crippen LogP contribution < -0.4 is 9.62 Å². The number of nitrogens with zero attached hydrogens (tertiary/aromatic N) is 3. The molecule has 222 valence electrons. The fourth-order valence-corrected chi connectivity index (χ4v) is 6.13. The Morgan fingerprint density at radius 1 is 1.12 bits per heavy atom. The Kier molecular flexibility index (Phi) is 9.69. The number of aromatic nitrogens is 2. The first kappa shape index (κ1) is 30.2. The molecule has 3 aromatic carbocycles. The van der Waals surface area contributed by atoms with E-state index in [1.807, 2.05) is 60.1 Å². The van der Waals surface area contributed by atoms with Crippen LogP contribution in [0.3, 0.4) is 0 Å². The molecular weight excluding hydrogens is 559 g/mol. The lowest BCUT2D eigenvalue weighted by Gasteiger charge is -2.25. The van der Waals surface area contributed by atoms with E-state index in [2.05, 4.69) is 45.7 Å². The van der Waals surface area contributed by atoms with Crippen LogP contribution in [0.1, 0.15) is 31.1 Å². The number of nitrogens with one attached hydrogen (secondary N) is 1. The third kappa shape index (κ3) is 6.71. The van der Waals surface area contributed by atoms with Crippen LogP contribution in [0, 0.1) is 0 Å². The largest absolute Gasteiger partial charge is 0.456 e. The van der Waals surface area contributed by atoms with Gasteiger partial charge in [-0.2, -0.15) is 0 Å². The number of imidazole rings is 1. The average Bonchev–Trinajstić information content (AvgIpc) is 3.60. The lowest BCUT2D eigenvalue weighted by molar-refractivity contribution is 0.592. The molecule has 8 heteroatoms. The van der Waals surface area contributed by atoms with E-state index < -0.39 is 11.0 Å². The van der Waals surface area contributed by atoms with Crippen molar-refractivity contribution in [1.29, 1.82) is 0 Å². The van der Waals surface area contributed by atoms with Gasteiger partial charge in [-0.25, -0.2) is 13.6 Å². The summed E-state index contributed by atoms with van der Waals surface area (Å²) >= 11 is 0. The molecule has 2 aromatic heterocycles. The molecule has 0 spiro atoms.